The van der Waals surface area contributed by atoms with E-state index in [2.05, 4.69) is 32.6 Å². The second kappa shape index (κ2) is 5.89. The maximum Gasteiger partial charge on any atom is 0.125 e. The lowest BCUT2D eigenvalue weighted by Gasteiger charge is -2.29. The van der Waals surface area contributed by atoms with E-state index in [1.54, 1.807) is 6.07 Å². The summed E-state index contributed by atoms with van der Waals surface area (Å²) in [5.74, 6) is 0.819. The van der Waals surface area contributed by atoms with Crippen molar-refractivity contribution in [2.24, 2.45) is 11.8 Å². The van der Waals surface area contributed by atoms with Crippen molar-refractivity contribution in [3.8, 4) is 0 Å². The summed E-state index contributed by atoms with van der Waals surface area (Å²) in [6.07, 6.45) is 0. The van der Waals surface area contributed by atoms with Crippen molar-refractivity contribution in [1.82, 2.24) is 0 Å². The van der Waals surface area contributed by atoms with Crippen LogP contribution in [0.25, 0.3) is 0 Å². The molecule has 2 N–H and O–H groups in total. The summed E-state index contributed by atoms with van der Waals surface area (Å²) >= 11 is 0. The number of nitrogens with two attached hydrogens (primary N) is 1. The van der Waals surface area contributed by atoms with Gasteiger partial charge in [0.15, 0.2) is 0 Å². The molecule has 0 unspecified atom stereocenters. The Balaban J connectivity index is 2.98. The lowest BCUT2D eigenvalue weighted by Crippen LogP contribution is -2.32. The molecule has 2 nitrogen and oxygen atoms in total. The highest BCUT2D eigenvalue weighted by molar-refractivity contribution is 5.67. The first-order valence-corrected chi connectivity index (χ1v) is 6.20. The number of nitrogen functional groups attached to an aromatic ring is 1. The molecule has 0 bridgehead atoms. The minimum atomic E-state index is -0.230. The van der Waals surface area contributed by atoms with Crippen LogP contribution in [-0.2, 0) is 0 Å². The Morgan fingerprint density at radius 1 is 1.12 bits per heavy atom. The molecular weight excluding hydrogens is 215 g/mol. The molecule has 1 aromatic rings. The molecule has 0 heterocycles. The Morgan fingerprint density at radius 2 is 1.65 bits per heavy atom. The first-order chi connectivity index (χ1) is 7.90. The SMILES string of the molecule is CC(C)CN(CC(C)C)c1cc(F)ccc1N. The average Bonchev–Trinajstić information content (AvgIpc) is 2.19. The summed E-state index contributed by atoms with van der Waals surface area (Å²) in [4.78, 5) is 2.17. The Hall–Kier alpha value is -1.25. The number of halogens is 1. The van der Waals surface area contributed by atoms with Crippen molar-refractivity contribution < 1.29 is 4.39 Å². The minimum Gasteiger partial charge on any atom is -0.397 e. The van der Waals surface area contributed by atoms with Gasteiger partial charge < -0.3 is 10.6 Å². The van der Waals surface area contributed by atoms with Gasteiger partial charge in [-0.1, -0.05) is 27.7 Å². The summed E-state index contributed by atoms with van der Waals surface area (Å²) in [5, 5.41) is 0. The Kier molecular flexibility index (Phi) is 4.79. The quantitative estimate of drug-likeness (QED) is 0.795. The van der Waals surface area contributed by atoms with E-state index in [9.17, 15) is 4.39 Å². The van der Waals surface area contributed by atoms with E-state index in [4.69, 9.17) is 5.73 Å². The van der Waals surface area contributed by atoms with Crippen LogP contribution in [0.4, 0.5) is 15.8 Å². The van der Waals surface area contributed by atoms with E-state index in [1.807, 2.05) is 0 Å². The van der Waals surface area contributed by atoms with Crippen molar-refractivity contribution in [3.05, 3.63) is 24.0 Å². The minimum absolute atomic E-state index is 0.230. The Labute approximate surface area is 104 Å². The van der Waals surface area contributed by atoms with Gasteiger partial charge in [-0.25, -0.2) is 4.39 Å². The maximum atomic E-state index is 13.3. The summed E-state index contributed by atoms with van der Waals surface area (Å²) in [6.45, 7) is 10.4. The van der Waals surface area contributed by atoms with Crippen LogP contribution in [0.2, 0.25) is 0 Å². The molecule has 1 rings (SSSR count). The number of benzene rings is 1. The van der Waals surface area contributed by atoms with Crippen molar-refractivity contribution in [2.45, 2.75) is 27.7 Å². The van der Waals surface area contributed by atoms with Crippen LogP contribution in [0, 0.1) is 17.7 Å². The highest BCUT2D eigenvalue weighted by Crippen LogP contribution is 2.25. The predicted molar refractivity (Wildman–Crippen MR) is 72.7 cm³/mol. The van der Waals surface area contributed by atoms with Crippen LogP contribution in [0.1, 0.15) is 27.7 Å². The van der Waals surface area contributed by atoms with E-state index in [0.717, 1.165) is 18.8 Å². The normalized spacial score (nSPS) is 11.2. The smallest absolute Gasteiger partial charge is 0.125 e. The average molecular weight is 238 g/mol. The van der Waals surface area contributed by atoms with Crippen LogP contribution in [0.15, 0.2) is 18.2 Å². The zero-order valence-electron chi connectivity index (χ0n) is 11.2. The van der Waals surface area contributed by atoms with Gasteiger partial charge in [0.1, 0.15) is 5.82 Å². The van der Waals surface area contributed by atoms with Crippen molar-refractivity contribution in [3.63, 3.8) is 0 Å². The second-order valence-electron chi connectivity index (χ2n) is 5.40. The largest absolute Gasteiger partial charge is 0.397 e. The standard InChI is InChI=1S/C14H23FN2/c1-10(2)8-17(9-11(3)4)14-7-12(15)5-6-13(14)16/h5-7,10-11H,8-9,16H2,1-4H3. The summed E-state index contributed by atoms with van der Waals surface area (Å²) < 4.78 is 13.3. The molecule has 1 aromatic carbocycles. The van der Waals surface area contributed by atoms with Gasteiger partial charge in [-0.05, 0) is 30.0 Å². The van der Waals surface area contributed by atoms with Gasteiger partial charge in [0.25, 0.3) is 0 Å². The van der Waals surface area contributed by atoms with Crippen molar-refractivity contribution in [1.29, 1.82) is 0 Å². The molecule has 0 aliphatic heterocycles. The molecule has 0 aromatic heterocycles. The lowest BCUT2D eigenvalue weighted by atomic mass is 10.1. The van der Waals surface area contributed by atoms with Crippen LogP contribution < -0.4 is 10.6 Å². The molecule has 0 saturated carbocycles. The fourth-order valence-electron chi connectivity index (χ4n) is 1.94. The fourth-order valence-corrected chi connectivity index (χ4v) is 1.94. The third kappa shape index (κ3) is 4.25. The van der Waals surface area contributed by atoms with Crippen molar-refractivity contribution >= 4 is 11.4 Å². The van der Waals surface area contributed by atoms with Crippen LogP contribution in [-0.4, -0.2) is 13.1 Å². The molecule has 3 heteroatoms. The number of rotatable bonds is 5. The van der Waals surface area contributed by atoms with Crippen LogP contribution >= 0.6 is 0 Å². The zero-order chi connectivity index (χ0) is 13.0. The fraction of sp³-hybridized carbons (Fsp3) is 0.571. The number of nitrogens with zero attached hydrogens (tertiary/aromatic N) is 1. The van der Waals surface area contributed by atoms with Crippen LogP contribution in [0.3, 0.4) is 0 Å². The number of hydrogen-bond donors (Lipinski definition) is 1. The Morgan fingerprint density at radius 3 is 2.12 bits per heavy atom. The third-order valence-electron chi connectivity index (χ3n) is 2.50. The molecule has 0 spiro atoms. The van der Waals surface area contributed by atoms with Gasteiger partial charge in [0, 0.05) is 13.1 Å². The van der Waals surface area contributed by atoms with Gasteiger partial charge in [-0.15, -0.1) is 0 Å². The lowest BCUT2D eigenvalue weighted by molar-refractivity contribution is 0.551. The monoisotopic (exact) mass is 238 g/mol. The van der Waals surface area contributed by atoms with Gasteiger partial charge in [0.05, 0.1) is 11.4 Å². The Bertz CT molecular complexity index is 351. The molecule has 0 radical (unpaired) electrons. The van der Waals surface area contributed by atoms with Crippen LogP contribution in [0.5, 0.6) is 0 Å². The van der Waals surface area contributed by atoms with E-state index < -0.39 is 0 Å². The number of anilines is 2. The zero-order valence-corrected chi connectivity index (χ0v) is 11.2. The second-order valence-corrected chi connectivity index (χ2v) is 5.40. The molecule has 0 saturated heterocycles. The molecule has 0 amide bonds. The first kappa shape index (κ1) is 13.8. The summed E-state index contributed by atoms with van der Waals surface area (Å²) in [6, 6.07) is 4.57. The van der Waals surface area contributed by atoms with Gasteiger partial charge >= 0.3 is 0 Å². The highest BCUT2D eigenvalue weighted by atomic mass is 19.1. The summed E-state index contributed by atoms with van der Waals surface area (Å²) in [5.41, 5.74) is 7.39. The summed E-state index contributed by atoms with van der Waals surface area (Å²) in [7, 11) is 0. The van der Waals surface area contributed by atoms with Gasteiger partial charge in [0.2, 0.25) is 0 Å². The van der Waals surface area contributed by atoms with Gasteiger partial charge in [-0.2, -0.15) is 0 Å². The van der Waals surface area contributed by atoms with E-state index in [1.165, 1.54) is 12.1 Å². The maximum absolute atomic E-state index is 13.3. The van der Waals surface area contributed by atoms with Gasteiger partial charge in [-0.3, -0.25) is 0 Å². The molecule has 0 aliphatic carbocycles. The predicted octanol–water partition coefficient (Wildman–Crippen LogP) is 3.53. The molecule has 17 heavy (non-hydrogen) atoms. The van der Waals surface area contributed by atoms with E-state index in [-0.39, 0.29) is 5.82 Å². The highest BCUT2D eigenvalue weighted by Gasteiger charge is 2.13. The van der Waals surface area contributed by atoms with E-state index >= 15 is 0 Å². The topological polar surface area (TPSA) is 29.3 Å². The molecule has 0 atom stereocenters. The third-order valence-corrected chi connectivity index (χ3v) is 2.50. The molecular formula is C14H23FN2. The first-order valence-electron chi connectivity index (χ1n) is 6.20. The van der Waals surface area contributed by atoms with E-state index in [0.29, 0.717) is 17.5 Å². The number of hydrogen-bond acceptors (Lipinski definition) is 2. The van der Waals surface area contributed by atoms with Crippen molar-refractivity contribution in [2.75, 3.05) is 23.7 Å². The molecule has 0 fully saturated rings. The molecule has 96 valence electrons. The molecule has 0 aliphatic rings.